The number of hydrogen-bond donors (Lipinski definition) is 2. The molecule has 0 aliphatic rings. The first-order chi connectivity index (χ1) is 10.0. The van der Waals surface area contributed by atoms with Crippen molar-refractivity contribution in [3.63, 3.8) is 0 Å². The Morgan fingerprint density at radius 1 is 1.33 bits per heavy atom. The molecular formula is C12H13N3O5S. The van der Waals surface area contributed by atoms with E-state index < -0.39 is 16.0 Å². The zero-order chi connectivity index (χ0) is 15.3. The van der Waals surface area contributed by atoms with Crippen LogP contribution in [0.3, 0.4) is 0 Å². The van der Waals surface area contributed by atoms with Gasteiger partial charge in [-0.05, 0) is 24.3 Å². The van der Waals surface area contributed by atoms with Crippen LogP contribution in [0.4, 0.5) is 5.69 Å². The average molecular weight is 311 g/mol. The molecule has 0 saturated heterocycles. The van der Waals surface area contributed by atoms with E-state index in [1.807, 2.05) is 0 Å². The van der Waals surface area contributed by atoms with Crippen molar-refractivity contribution in [1.29, 1.82) is 0 Å². The van der Waals surface area contributed by atoms with Crippen molar-refractivity contribution < 1.29 is 22.7 Å². The topological polar surface area (TPSA) is 110 Å². The van der Waals surface area contributed by atoms with Crippen molar-refractivity contribution >= 4 is 21.7 Å². The minimum Gasteiger partial charge on any atom is -0.482 e. The van der Waals surface area contributed by atoms with Gasteiger partial charge < -0.3 is 14.5 Å². The third-order valence-electron chi connectivity index (χ3n) is 2.45. The van der Waals surface area contributed by atoms with Crippen LogP contribution in [0.15, 0.2) is 41.8 Å². The second kappa shape index (κ2) is 6.27. The molecule has 2 N–H and O–H groups in total. The number of aromatic nitrogens is 2. The lowest BCUT2D eigenvalue weighted by atomic mass is 10.3. The number of ether oxygens (including phenoxy) is 2. The largest absolute Gasteiger partial charge is 0.482 e. The maximum Gasteiger partial charge on any atom is 0.343 e. The number of imidazole rings is 1. The van der Waals surface area contributed by atoms with Crippen LogP contribution < -0.4 is 9.46 Å². The van der Waals surface area contributed by atoms with Crippen LogP contribution in [0.1, 0.15) is 0 Å². The molecule has 0 atom stereocenters. The highest BCUT2D eigenvalue weighted by Crippen LogP contribution is 2.18. The predicted octanol–water partition coefficient (Wildman–Crippen LogP) is 0.762. The summed E-state index contributed by atoms with van der Waals surface area (Å²) in [5.74, 6) is -0.0797. The summed E-state index contributed by atoms with van der Waals surface area (Å²) in [6.45, 7) is -0.213. The number of sulfonamides is 1. The standard InChI is InChI=1S/C12H13N3O5S/c1-19-12(16)7-20-10-4-2-9(3-5-10)15-21(17,18)11-6-13-8-14-11/h2-6,8,15H,7H2,1H3,(H,13,14). The zero-order valence-electron chi connectivity index (χ0n) is 11.1. The Morgan fingerprint density at radius 3 is 2.62 bits per heavy atom. The Balaban J connectivity index is 2.01. The van der Waals surface area contributed by atoms with E-state index in [1.54, 1.807) is 0 Å². The normalized spacial score (nSPS) is 10.9. The molecular weight excluding hydrogens is 298 g/mol. The average Bonchev–Trinajstić information content (AvgIpc) is 3.01. The van der Waals surface area contributed by atoms with E-state index >= 15 is 0 Å². The summed E-state index contributed by atoms with van der Waals surface area (Å²) in [5.41, 5.74) is 0.356. The van der Waals surface area contributed by atoms with Crippen molar-refractivity contribution in [3.05, 3.63) is 36.8 Å². The summed E-state index contributed by atoms with van der Waals surface area (Å²) in [6.07, 6.45) is 2.48. The van der Waals surface area contributed by atoms with E-state index in [9.17, 15) is 13.2 Å². The molecule has 9 heteroatoms. The molecule has 21 heavy (non-hydrogen) atoms. The summed E-state index contributed by atoms with van der Waals surface area (Å²) < 4.78 is 35.8. The summed E-state index contributed by atoms with van der Waals surface area (Å²) in [7, 11) is -2.43. The number of nitrogens with zero attached hydrogens (tertiary/aromatic N) is 1. The van der Waals surface area contributed by atoms with Crippen molar-refractivity contribution in [1.82, 2.24) is 9.97 Å². The Morgan fingerprint density at radius 2 is 2.05 bits per heavy atom. The van der Waals surface area contributed by atoms with Crippen molar-refractivity contribution in [2.45, 2.75) is 5.03 Å². The molecule has 112 valence electrons. The van der Waals surface area contributed by atoms with Crippen LogP contribution in [0.25, 0.3) is 0 Å². The SMILES string of the molecule is COC(=O)COc1ccc(NS(=O)(=O)c2cnc[nH]2)cc1. The number of nitrogens with one attached hydrogen (secondary N) is 2. The molecule has 2 rings (SSSR count). The molecule has 0 unspecified atom stereocenters. The molecule has 0 saturated carbocycles. The number of esters is 1. The fourth-order valence-corrected chi connectivity index (χ4v) is 2.38. The van der Waals surface area contributed by atoms with Crippen LogP contribution in [-0.4, -0.2) is 38.1 Å². The quantitative estimate of drug-likeness (QED) is 0.762. The number of methoxy groups -OCH3 is 1. The number of rotatable bonds is 6. The van der Waals surface area contributed by atoms with Crippen LogP contribution >= 0.6 is 0 Å². The minimum absolute atomic E-state index is 0.0338. The third-order valence-corrected chi connectivity index (χ3v) is 3.76. The van der Waals surface area contributed by atoms with Crippen LogP contribution in [0, 0.1) is 0 Å². The number of carbonyl (C=O) groups excluding carboxylic acids is 1. The molecule has 1 heterocycles. The number of anilines is 1. The van der Waals surface area contributed by atoms with Crippen LogP contribution in [0.2, 0.25) is 0 Å². The summed E-state index contributed by atoms with van der Waals surface area (Å²) in [5, 5.41) is -0.0338. The Labute approximate surface area is 121 Å². The molecule has 0 fully saturated rings. The predicted molar refractivity (Wildman–Crippen MR) is 73.3 cm³/mol. The first kappa shape index (κ1) is 14.9. The fraction of sp³-hybridized carbons (Fsp3) is 0.167. The Bertz CT molecular complexity index is 695. The van der Waals surface area contributed by atoms with Gasteiger partial charge in [-0.3, -0.25) is 4.72 Å². The number of aromatic amines is 1. The smallest absolute Gasteiger partial charge is 0.343 e. The summed E-state index contributed by atoms with van der Waals surface area (Å²) in [4.78, 5) is 17.1. The molecule has 0 aliphatic carbocycles. The van der Waals surface area contributed by atoms with E-state index in [1.165, 1.54) is 43.9 Å². The maximum absolute atomic E-state index is 11.9. The lowest BCUT2D eigenvalue weighted by molar-refractivity contribution is -0.142. The van der Waals surface area contributed by atoms with E-state index in [4.69, 9.17) is 4.74 Å². The van der Waals surface area contributed by atoms with E-state index in [0.717, 1.165) is 0 Å². The summed E-state index contributed by atoms with van der Waals surface area (Å²) >= 11 is 0. The van der Waals surface area contributed by atoms with Gasteiger partial charge in [-0.25, -0.2) is 9.78 Å². The first-order valence-corrected chi connectivity index (χ1v) is 7.30. The monoisotopic (exact) mass is 311 g/mol. The highest BCUT2D eigenvalue weighted by molar-refractivity contribution is 7.92. The maximum atomic E-state index is 11.9. The number of H-pyrrole nitrogens is 1. The second-order valence-corrected chi connectivity index (χ2v) is 5.56. The number of benzene rings is 1. The van der Waals surface area contributed by atoms with Gasteiger partial charge in [0.2, 0.25) is 0 Å². The van der Waals surface area contributed by atoms with Crippen molar-refractivity contribution in [2.75, 3.05) is 18.4 Å². The fourth-order valence-electron chi connectivity index (χ4n) is 1.42. The Kier molecular flexibility index (Phi) is 4.43. The Hall–Kier alpha value is -2.55. The molecule has 1 aromatic heterocycles. The number of carbonyl (C=O) groups is 1. The van der Waals surface area contributed by atoms with Gasteiger partial charge in [-0.15, -0.1) is 0 Å². The van der Waals surface area contributed by atoms with Gasteiger partial charge in [0, 0.05) is 5.69 Å². The molecule has 0 aliphatic heterocycles. The molecule has 0 amide bonds. The van der Waals surface area contributed by atoms with Crippen LogP contribution in [0.5, 0.6) is 5.75 Å². The molecule has 1 aromatic carbocycles. The second-order valence-electron chi connectivity index (χ2n) is 3.91. The molecule has 2 aromatic rings. The molecule has 0 radical (unpaired) electrons. The highest BCUT2D eigenvalue weighted by Gasteiger charge is 2.15. The highest BCUT2D eigenvalue weighted by atomic mass is 32.2. The summed E-state index contributed by atoms with van der Waals surface area (Å²) in [6, 6.07) is 6.10. The lowest BCUT2D eigenvalue weighted by Crippen LogP contribution is -2.14. The molecule has 0 bridgehead atoms. The first-order valence-electron chi connectivity index (χ1n) is 5.82. The minimum atomic E-state index is -3.70. The third kappa shape index (κ3) is 3.96. The molecule has 8 nitrogen and oxygen atoms in total. The van der Waals surface area contributed by atoms with E-state index in [2.05, 4.69) is 19.4 Å². The van der Waals surface area contributed by atoms with E-state index in [-0.39, 0.29) is 11.6 Å². The van der Waals surface area contributed by atoms with Gasteiger partial charge in [0.1, 0.15) is 5.75 Å². The van der Waals surface area contributed by atoms with Crippen molar-refractivity contribution in [3.8, 4) is 5.75 Å². The lowest BCUT2D eigenvalue weighted by Gasteiger charge is -2.08. The van der Waals surface area contributed by atoms with Gasteiger partial charge in [-0.1, -0.05) is 0 Å². The molecule has 0 spiro atoms. The van der Waals surface area contributed by atoms with Crippen molar-refractivity contribution in [2.24, 2.45) is 0 Å². The van der Waals surface area contributed by atoms with E-state index in [0.29, 0.717) is 11.4 Å². The van der Waals surface area contributed by atoms with Gasteiger partial charge in [0.25, 0.3) is 10.0 Å². The van der Waals surface area contributed by atoms with Gasteiger partial charge in [0.15, 0.2) is 11.6 Å². The van der Waals surface area contributed by atoms with Crippen LogP contribution in [-0.2, 0) is 19.6 Å². The van der Waals surface area contributed by atoms with Gasteiger partial charge in [0.05, 0.1) is 19.6 Å². The van der Waals surface area contributed by atoms with Gasteiger partial charge in [-0.2, -0.15) is 8.42 Å². The van der Waals surface area contributed by atoms with Gasteiger partial charge >= 0.3 is 5.97 Å². The number of hydrogen-bond acceptors (Lipinski definition) is 6. The zero-order valence-corrected chi connectivity index (χ0v) is 11.9.